The van der Waals surface area contributed by atoms with Gasteiger partial charge in [0.1, 0.15) is 5.75 Å². The average molecular weight is 544 g/mol. The van der Waals surface area contributed by atoms with Gasteiger partial charge in [0.05, 0.1) is 37.9 Å². The lowest BCUT2D eigenvalue weighted by Crippen LogP contribution is -2.40. The summed E-state index contributed by atoms with van der Waals surface area (Å²) in [6, 6.07) is 8.96. The molecule has 1 aliphatic rings. The Kier molecular flexibility index (Phi) is 12.0. The van der Waals surface area contributed by atoms with Gasteiger partial charge in [-0.05, 0) is 73.6 Å². The second-order valence-electron chi connectivity index (χ2n) is 8.48. The molecule has 12 heteroatoms. The van der Waals surface area contributed by atoms with Crippen molar-refractivity contribution in [1.29, 1.82) is 0 Å². The van der Waals surface area contributed by atoms with E-state index in [0.717, 1.165) is 25.7 Å². The summed E-state index contributed by atoms with van der Waals surface area (Å²) in [4.78, 5) is 16.4. The van der Waals surface area contributed by atoms with E-state index in [9.17, 15) is 18.4 Å². The summed E-state index contributed by atoms with van der Waals surface area (Å²) in [5, 5.41) is 10.7. The van der Waals surface area contributed by atoms with Crippen LogP contribution in [-0.2, 0) is 30.7 Å². The van der Waals surface area contributed by atoms with Crippen LogP contribution in [0.15, 0.2) is 52.5 Å². The number of amides is 1. The number of hydroxylamine groups is 1. The normalized spacial score (nSPS) is 17.9. The molecule has 0 aliphatic heterocycles. The molecule has 1 saturated carbocycles. The Morgan fingerprint density at radius 3 is 2.44 bits per heavy atom. The molecular weight excluding hydrogens is 510 g/mol. The van der Waals surface area contributed by atoms with Crippen molar-refractivity contribution in [2.45, 2.75) is 54.7 Å². The second kappa shape index (κ2) is 14.5. The quantitative estimate of drug-likeness (QED) is 0.306. The van der Waals surface area contributed by atoms with Crippen molar-refractivity contribution in [1.82, 2.24) is 15.6 Å². The molecule has 10 nitrogen and oxygen atoms in total. The molecule has 1 fully saturated rings. The smallest absolute Gasteiger partial charge is 0.236 e. The monoisotopic (exact) mass is 543 g/mol. The van der Waals surface area contributed by atoms with Crippen molar-refractivity contribution in [2.24, 2.45) is 5.92 Å². The Morgan fingerprint density at radius 1 is 1.11 bits per heavy atom. The van der Waals surface area contributed by atoms with Crippen LogP contribution in [0.3, 0.4) is 0 Å². The predicted octanol–water partition coefficient (Wildman–Crippen LogP) is 3.18. The van der Waals surface area contributed by atoms with E-state index in [1.165, 1.54) is 31.5 Å². The van der Waals surface area contributed by atoms with E-state index < -0.39 is 9.84 Å². The molecule has 2 aromatic rings. The van der Waals surface area contributed by atoms with Crippen LogP contribution in [0.5, 0.6) is 5.75 Å². The fourth-order valence-corrected chi connectivity index (χ4v) is 5.28. The van der Waals surface area contributed by atoms with Crippen molar-refractivity contribution >= 4 is 28.2 Å². The number of nitrogens with zero attached hydrogens (tertiary/aromatic N) is 2. The zero-order valence-corrected chi connectivity index (χ0v) is 22.1. The summed E-state index contributed by atoms with van der Waals surface area (Å²) >= 11 is 0. The number of nitrogens with one attached hydrogen (secondary N) is 1. The minimum Gasteiger partial charge on any atom is -0.497 e. The number of hydrogen-bond donors (Lipinski definition) is 2. The highest BCUT2D eigenvalue weighted by Gasteiger charge is 2.24. The highest BCUT2D eigenvalue weighted by molar-refractivity contribution is 7.91. The van der Waals surface area contributed by atoms with Gasteiger partial charge >= 0.3 is 0 Å². The van der Waals surface area contributed by atoms with Gasteiger partial charge < -0.3 is 14.2 Å². The van der Waals surface area contributed by atoms with Crippen LogP contribution in [-0.4, -0.2) is 63.2 Å². The van der Waals surface area contributed by atoms with Crippen LogP contribution in [0.1, 0.15) is 37.7 Å². The van der Waals surface area contributed by atoms with E-state index in [2.05, 4.69) is 10.4 Å². The standard InChI is InChI=1S/C24H33N3O7S.ClH/c1-32-13-14-34-21-5-3-18(4-6-21)15-23(28)26-27(29)17-19-11-12-25-24(16-19)35(30,31)22-9-7-20(33-2)8-10-22;/h7-12,16,18,21,29H,3-6,13-15,17H2,1-2H3,(H,26,28);1H/t18-,21-;. The Labute approximate surface area is 218 Å². The molecular formula is C24H34ClN3O7S. The van der Waals surface area contributed by atoms with E-state index in [1.807, 2.05) is 0 Å². The summed E-state index contributed by atoms with van der Waals surface area (Å²) in [6.45, 7) is 1.05. The first-order chi connectivity index (χ1) is 16.8. The lowest BCUT2D eigenvalue weighted by atomic mass is 9.85. The third kappa shape index (κ3) is 8.68. The molecule has 3 rings (SSSR count). The van der Waals surface area contributed by atoms with E-state index in [-0.39, 0.29) is 46.8 Å². The zero-order chi connectivity index (χ0) is 25.3. The number of hydrazine groups is 1. The molecule has 36 heavy (non-hydrogen) atoms. The molecule has 0 saturated heterocycles. The maximum absolute atomic E-state index is 12.9. The zero-order valence-electron chi connectivity index (χ0n) is 20.5. The van der Waals surface area contributed by atoms with E-state index in [0.29, 0.717) is 36.1 Å². The highest BCUT2D eigenvalue weighted by Crippen LogP contribution is 2.28. The number of methoxy groups -OCH3 is 2. The lowest BCUT2D eigenvalue weighted by Gasteiger charge is -2.28. The van der Waals surface area contributed by atoms with Gasteiger partial charge in [0.15, 0.2) is 5.03 Å². The molecule has 1 heterocycles. The second-order valence-corrected chi connectivity index (χ2v) is 10.4. The van der Waals surface area contributed by atoms with Crippen molar-refractivity contribution in [3.8, 4) is 5.75 Å². The summed E-state index contributed by atoms with van der Waals surface area (Å²) in [5.74, 6) is 0.477. The molecule has 0 bridgehead atoms. The number of carbonyl (C=O) groups is 1. The summed E-state index contributed by atoms with van der Waals surface area (Å²) in [7, 11) is -0.709. The Hall–Kier alpha value is -2.28. The number of carbonyl (C=O) groups excluding carboxylic acids is 1. The number of ether oxygens (including phenoxy) is 3. The number of aromatic nitrogens is 1. The van der Waals surface area contributed by atoms with Gasteiger partial charge in [-0.1, -0.05) is 5.17 Å². The molecule has 1 aromatic heterocycles. The van der Waals surface area contributed by atoms with Crippen LogP contribution in [0, 0.1) is 5.92 Å². The van der Waals surface area contributed by atoms with Crippen molar-refractivity contribution in [2.75, 3.05) is 27.4 Å². The van der Waals surface area contributed by atoms with E-state index >= 15 is 0 Å². The molecule has 0 spiro atoms. The Bertz CT molecular complexity index is 1060. The first kappa shape index (κ1) is 29.9. The van der Waals surface area contributed by atoms with Crippen LogP contribution < -0.4 is 10.2 Å². The number of benzene rings is 1. The van der Waals surface area contributed by atoms with Crippen LogP contribution in [0.2, 0.25) is 0 Å². The largest absolute Gasteiger partial charge is 0.497 e. The lowest BCUT2D eigenvalue weighted by molar-refractivity contribution is -0.166. The summed E-state index contributed by atoms with van der Waals surface area (Å²) < 4.78 is 41.6. The summed E-state index contributed by atoms with van der Waals surface area (Å²) in [5.41, 5.74) is 2.93. The molecule has 0 atom stereocenters. The van der Waals surface area contributed by atoms with E-state index in [4.69, 9.17) is 14.2 Å². The number of hydrogen-bond acceptors (Lipinski definition) is 9. The molecule has 1 aromatic carbocycles. The molecule has 0 radical (unpaired) electrons. The molecule has 1 aliphatic carbocycles. The maximum Gasteiger partial charge on any atom is 0.236 e. The number of pyridine rings is 1. The van der Waals surface area contributed by atoms with Gasteiger partial charge in [-0.3, -0.25) is 15.4 Å². The van der Waals surface area contributed by atoms with Crippen molar-refractivity contribution < 1.29 is 32.6 Å². The average Bonchev–Trinajstić information content (AvgIpc) is 2.85. The first-order valence-corrected chi connectivity index (χ1v) is 13.0. The molecule has 0 unspecified atom stereocenters. The van der Waals surface area contributed by atoms with Crippen LogP contribution >= 0.6 is 12.4 Å². The minimum absolute atomic E-state index is 0. The topological polar surface area (TPSA) is 127 Å². The first-order valence-electron chi connectivity index (χ1n) is 11.5. The Morgan fingerprint density at radius 2 is 1.81 bits per heavy atom. The number of halogens is 1. The van der Waals surface area contributed by atoms with Crippen molar-refractivity contribution in [3.05, 3.63) is 48.2 Å². The van der Waals surface area contributed by atoms with Crippen LogP contribution in [0.25, 0.3) is 0 Å². The predicted molar refractivity (Wildman–Crippen MR) is 134 cm³/mol. The third-order valence-corrected chi connectivity index (χ3v) is 7.61. The Balaban J connectivity index is 0.00000456. The SMILES string of the molecule is COCCO[C@H]1CC[C@H](CC(=O)NN(O)Cc2ccnc(S(=O)(=O)c3ccc(OC)cc3)c2)CC1.Cl. The van der Waals surface area contributed by atoms with Gasteiger partial charge in [-0.25, -0.2) is 13.4 Å². The highest BCUT2D eigenvalue weighted by atomic mass is 35.5. The van der Waals surface area contributed by atoms with Gasteiger partial charge in [0.2, 0.25) is 15.7 Å². The van der Waals surface area contributed by atoms with Gasteiger partial charge in [-0.15, -0.1) is 12.4 Å². The number of sulfone groups is 1. The summed E-state index contributed by atoms with van der Waals surface area (Å²) in [6.07, 6.45) is 5.42. The fourth-order valence-electron chi connectivity index (χ4n) is 4.04. The van der Waals surface area contributed by atoms with E-state index in [1.54, 1.807) is 25.3 Å². The minimum atomic E-state index is -3.85. The van der Waals surface area contributed by atoms with Gasteiger partial charge in [0.25, 0.3) is 0 Å². The fraction of sp³-hybridized carbons (Fsp3) is 0.500. The third-order valence-electron chi connectivity index (χ3n) is 5.94. The van der Waals surface area contributed by atoms with Crippen LogP contribution in [0.4, 0.5) is 0 Å². The maximum atomic E-state index is 12.9. The number of rotatable bonds is 12. The van der Waals surface area contributed by atoms with Crippen molar-refractivity contribution in [3.63, 3.8) is 0 Å². The van der Waals surface area contributed by atoms with Gasteiger partial charge in [-0.2, -0.15) is 0 Å². The molecule has 200 valence electrons. The molecule has 1 amide bonds. The van der Waals surface area contributed by atoms with Gasteiger partial charge in [0, 0.05) is 19.7 Å². The molecule has 2 N–H and O–H groups in total.